The molecule has 0 aliphatic carbocycles. The molecular formula is C23H25FN2O3. The van der Waals surface area contributed by atoms with E-state index in [1.54, 1.807) is 24.3 Å². The molecule has 2 aromatic rings. The summed E-state index contributed by atoms with van der Waals surface area (Å²) >= 11 is 0. The average molecular weight is 396 g/mol. The molecule has 1 heterocycles. The van der Waals surface area contributed by atoms with Crippen molar-refractivity contribution >= 4 is 17.4 Å². The van der Waals surface area contributed by atoms with Crippen molar-refractivity contribution in [1.29, 1.82) is 0 Å². The SMILES string of the molecule is Cc1ccc(C(O)=C2C(=O)C(=O)N(CCCN(C)C)[C@@H]2c2ccc(F)cc2)cc1. The Hall–Kier alpha value is -2.99. The summed E-state index contributed by atoms with van der Waals surface area (Å²) in [7, 11) is 3.87. The van der Waals surface area contributed by atoms with Gasteiger partial charge in [-0.15, -0.1) is 0 Å². The van der Waals surface area contributed by atoms with Crippen LogP contribution in [0.3, 0.4) is 0 Å². The Morgan fingerprint density at radius 2 is 1.69 bits per heavy atom. The number of aliphatic hydroxyl groups is 1. The van der Waals surface area contributed by atoms with Crippen LogP contribution >= 0.6 is 0 Å². The van der Waals surface area contributed by atoms with Crippen LogP contribution in [0.4, 0.5) is 4.39 Å². The van der Waals surface area contributed by atoms with Crippen molar-refractivity contribution in [3.63, 3.8) is 0 Å². The number of benzene rings is 2. The van der Waals surface area contributed by atoms with Crippen LogP contribution in [0.1, 0.15) is 29.2 Å². The van der Waals surface area contributed by atoms with Crippen LogP contribution in [0, 0.1) is 12.7 Å². The largest absolute Gasteiger partial charge is 0.507 e. The number of halogens is 1. The monoisotopic (exact) mass is 396 g/mol. The molecule has 6 heteroatoms. The van der Waals surface area contributed by atoms with E-state index >= 15 is 0 Å². The minimum Gasteiger partial charge on any atom is -0.507 e. The lowest BCUT2D eigenvalue weighted by Crippen LogP contribution is -2.32. The lowest BCUT2D eigenvalue weighted by atomic mass is 9.95. The fourth-order valence-corrected chi connectivity index (χ4v) is 3.53. The van der Waals surface area contributed by atoms with Crippen LogP contribution in [0.25, 0.3) is 5.76 Å². The van der Waals surface area contributed by atoms with Gasteiger partial charge in [0.15, 0.2) is 0 Å². The van der Waals surface area contributed by atoms with Gasteiger partial charge in [-0.3, -0.25) is 9.59 Å². The van der Waals surface area contributed by atoms with Gasteiger partial charge in [-0.25, -0.2) is 4.39 Å². The number of hydrogen-bond acceptors (Lipinski definition) is 4. The summed E-state index contributed by atoms with van der Waals surface area (Å²) in [6, 6.07) is 12.0. The number of carbonyl (C=O) groups excluding carboxylic acids is 2. The Bertz CT molecular complexity index is 934. The molecule has 1 atom stereocenters. The smallest absolute Gasteiger partial charge is 0.295 e. The standard InChI is InChI=1S/C23H25FN2O3/c1-15-5-7-17(8-6-15)21(27)19-20(16-9-11-18(24)12-10-16)26(23(29)22(19)28)14-4-13-25(2)3/h5-12,20,27H,4,13-14H2,1-3H3/t20-/m1/s1. The zero-order valence-corrected chi connectivity index (χ0v) is 16.9. The number of Topliss-reactive ketones (excluding diaryl/α,β-unsaturated/α-hetero) is 1. The minimum absolute atomic E-state index is 0.0373. The zero-order chi connectivity index (χ0) is 21.1. The topological polar surface area (TPSA) is 60.9 Å². The van der Waals surface area contributed by atoms with Crippen molar-refractivity contribution in [2.24, 2.45) is 0 Å². The van der Waals surface area contributed by atoms with Gasteiger partial charge in [0.1, 0.15) is 11.6 Å². The van der Waals surface area contributed by atoms with Gasteiger partial charge in [0.2, 0.25) is 0 Å². The molecule has 1 fully saturated rings. The van der Waals surface area contributed by atoms with Gasteiger partial charge < -0.3 is 14.9 Å². The van der Waals surface area contributed by atoms with Crippen molar-refractivity contribution in [2.75, 3.05) is 27.2 Å². The third-order valence-corrected chi connectivity index (χ3v) is 5.06. The average Bonchev–Trinajstić information content (AvgIpc) is 2.93. The number of ketones is 1. The Kier molecular flexibility index (Phi) is 6.13. The molecule has 0 saturated carbocycles. The van der Waals surface area contributed by atoms with E-state index in [0.29, 0.717) is 24.1 Å². The fraction of sp³-hybridized carbons (Fsp3) is 0.304. The first-order chi connectivity index (χ1) is 13.8. The predicted octanol–water partition coefficient (Wildman–Crippen LogP) is 3.51. The number of amides is 1. The first-order valence-electron chi connectivity index (χ1n) is 9.55. The zero-order valence-electron chi connectivity index (χ0n) is 16.9. The van der Waals surface area contributed by atoms with Crippen molar-refractivity contribution in [2.45, 2.75) is 19.4 Å². The number of nitrogens with zero attached hydrogens (tertiary/aromatic N) is 2. The molecule has 29 heavy (non-hydrogen) atoms. The quantitative estimate of drug-likeness (QED) is 0.461. The van der Waals surface area contributed by atoms with E-state index < -0.39 is 23.5 Å². The minimum atomic E-state index is -0.751. The van der Waals surface area contributed by atoms with E-state index in [2.05, 4.69) is 0 Å². The molecule has 0 bridgehead atoms. The van der Waals surface area contributed by atoms with Gasteiger partial charge in [0.25, 0.3) is 11.7 Å². The maximum absolute atomic E-state index is 13.5. The third kappa shape index (κ3) is 4.38. The van der Waals surface area contributed by atoms with Gasteiger partial charge in [-0.05, 0) is 51.7 Å². The summed E-state index contributed by atoms with van der Waals surface area (Å²) in [5.41, 5.74) is 2.11. The predicted molar refractivity (Wildman–Crippen MR) is 110 cm³/mol. The van der Waals surface area contributed by atoms with Crippen molar-refractivity contribution in [1.82, 2.24) is 9.80 Å². The van der Waals surface area contributed by atoms with Crippen LogP contribution in [-0.4, -0.2) is 53.8 Å². The molecule has 0 spiro atoms. The number of aliphatic hydroxyl groups excluding tert-OH is 1. The fourth-order valence-electron chi connectivity index (χ4n) is 3.53. The Labute approximate surface area is 170 Å². The molecule has 152 valence electrons. The Morgan fingerprint density at radius 1 is 1.07 bits per heavy atom. The summed E-state index contributed by atoms with van der Waals surface area (Å²) < 4.78 is 13.5. The van der Waals surface area contributed by atoms with E-state index in [0.717, 1.165) is 12.1 Å². The van der Waals surface area contributed by atoms with Crippen LogP contribution in [0.5, 0.6) is 0 Å². The van der Waals surface area contributed by atoms with E-state index in [-0.39, 0.29) is 11.3 Å². The number of hydrogen-bond donors (Lipinski definition) is 1. The maximum atomic E-state index is 13.5. The lowest BCUT2D eigenvalue weighted by molar-refractivity contribution is -0.139. The molecule has 0 radical (unpaired) electrons. The van der Waals surface area contributed by atoms with Crippen molar-refractivity contribution in [3.8, 4) is 0 Å². The van der Waals surface area contributed by atoms with Gasteiger partial charge in [-0.2, -0.15) is 0 Å². The second kappa shape index (κ2) is 8.57. The van der Waals surface area contributed by atoms with Gasteiger partial charge in [0.05, 0.1) is 11.6 Å². The summed E-state index contributed by atoms with van der Waals surface area (Å²) in [6.45, 7) is 3.03. The third-order valence-electron chi connectivity index (χ3n) is 5.06. The molecule has 5 nitrogen and oxygen atoms in total. The first-order valence-corrected chi connectivity index (χ1v) is 9.55. The molecular weight excluding hydrogens is 371 g/mol. The van der Waals surface area contributed by atoms with Crippen LogP contribution < -0.4 is 0 Å². The highest BCUT2D eigenvalue weighted by Crippen LogP contribution is 2.39. The van der Waals surface area contributed by atoms with Gasteiger partial charge >= 0.3 is 0 Å². The summed E-state index contributed by atoms with van der Waals surface area (Å²) in [4.78, 5) is 29.1. The van der Waals surface area contributed by atoms with Gasteiger partial charge in [-0.1, -0.05) is 42.0 Å². The molecule has 1 N–H and O–H groups in total. The molecule has 3 rings (SSSR count). The second-order valence-electron chi connectivity index (χ2n) is 7.57. The maximum Gasteiger partial charge on any atom is 0.295 e. The van der Waals surface area contributed by atoms with E-state index in [9.17, 15) is 19.1 Å². The molecule has 1 aliphatic rings. The number of rotatable bonds is 6. The number of likely N-dealkylation sites (tertiary alicyclic amines) is 1. The number of aryl methyl sites for hydroxylation is 1. The Balaban J connectivity index is 2.07. The van der Waals surface area contributed by atoms with Crippen molar-refractivity contribution in [3.05, 3.63) is 76.6 Å². The summed E-state index contributed by atoms with van der Waals surface area (Å²) in [5, 5.41) is 10.9. The van der Waals surface area contributed by atoms with E-state index in [1.165, 1.54) is 17.0 Å². The van der Waals surface area contributed by atoms with Crippen LogP contribution in [0.2, 0.25) is 0 Å². The lowest BCUT2D eigenvalue weighted by Gasteiger charge is -2.26. The normalized spacial score (nSPS) is 18.7. The molecule has 1 aliphatic heterocycles. The number of carbonyl (C=O) groups is 2. The summed E-state index contributed by atoms with van der Waals surface area (Å²) in [5.74, 6) is -1.99. The van der Waals surface area contributed by atoms with Crippen molar-refractivity contribution < 1.29 is 19.1 Å². The van der Waals surface area contributed by atoms with Gasteiger partial charge in [0, 0.05) is 12.1 Å². The molecule has 0 aromatic heterocycles. The second-order valence-corrected chi connectivity index (χ2v) is 7.57. The van der Waals surface area contributed by atoms with E-state index in [1.807, 2.05) is 38.1 Å². The molecule has 1 amide bonds. The van der Waals surface area contributed by atoms with E-state index in [4.69, 9.17) is 0 Å². The molecule has 0 unspecified atom stereocenters. The highest BCUT2D eigenvalue weighted by atomic mass is 19.1. The van der Waals surface area contributed by atoms with Crippen LogP contribution in [0.15, 0.2) is 54.1 Å². The molecule has 2 aromatic carbocycles. The summed E-state index contributed by atoms with van der Waals surface area (Å²) in [6.07, 6.45) is 0.669. The first kappa shape index (κ1) is 20.7. The Morgan fingerprint density at radius 3 is 2.28 bits per heavy atom. The van der Waals surface area contributed by atoms with Crippen LogP contribution in [-0.2, 0) is 9.59 Å². The highest BCUT2D eigenvalue weighted by molar-refractivity contribution is 6.46. The molecule has 1 saturated heterocycles. The highest BCUT2D eigenvalue weighted by Gasteiger charge is 2.45.